The summed E-state index contributed by atoms with van der Waals surface area (Å²) >= 11 is 0. The summed E-state index contributed by atoms with van der Waals surface area (Å²) in [6.07, 6.45) is 5.22. The lowest BCUT2D eigenvalue weighted by Crippen LogP contribution is -2.45. The maximum absolute atomic E-state index is 5.76. The number of hydrogen-bond acceptors (Lipinski definition) is 4. The van der Waals surface area contributed by atoms with Gasteiger partial charge in [0, 0.05) is 51.3 Å². The molecule has 164 valence electrons. The number of fused-ring (bicyclic) bond motifs is 1. The molecule has 1 fully saturated rings. The van der Waals surface area contributed by atoms with Crippen LogP contribution in [0.4, 0.5) is 0 Å². The number of aryl methyl sites for hydroxylation is 1. The second-order valence-corrected chi connectivity index (χ2v) is 8.52. The molecule has 8 heteroatoms. The van der Waals surface area contributed by atoms with Gasteiger partial charge < -0.3 is 19.7 Å². The maximum Gasteiger partial charge on any atom is 0.193 e. The Bertz CT molecular complexity index is 895. The van der Waals surface area contributed by atoms with E-state index in [1.807, 2.05) is 31.0 Å². The smallest absolute Gasteiger partial charge is 0.193 e. The van der Waals surface area contributed by atoms with Crippen LogP contribution in [0.3, 0.4) is 0 Å². The number of aliphatic imine (C=N–C) groups is 1. The molecule has 0 spiro atoms. The fourth-order valence-electron chi connectivity index (χ4n) is 4.07. The van der Waals surface area contributed by atoms with Crippen LogP contribution in [0.15, 0.2) is 35.6 Å². The lowest BCUT2D eigenvalue weighted by Gasteiger charge is -2.30. The highest BCUT2D eigenvalue weighted by atomic mass is 127. The first-order valence-electron chi connectivity index (χ1n) is 10.3. The quantitative estimate of drug-likeness (QED) is 0.378. The molecule has 1 aromatic carbocycles. The van der Waals surface area contributed by atoms with Crippen molar-refractivity contribution in [2.24, 2.45) is 12.0 Å². The second-order valence-electron chi connectivity index (χ2n) is 8.52. The third-order valence-electron chi connectivity index (χ3n) is 5.91. The first-order valence-corrected chi connectivity index (χ1v) is 10.3. The molecule has 4 rings (SSSR count). The average Bonchev–Trinajstić information content (AvgIpc) is 3.37. The number of halogens is 1. The van der Waals surface area contributed by atoms with Crippen LogP contribution < -0.4 is 14.8 Å². The Morgan fingerprint density at radius 3 is 2.73 bits per heavy atom. The molecule has 0 aliphatic carbocycles. The number of benzene rings is 1. The molecular formula is C22H32IN5O2. The first-order chi connectivity index (χ1) is 14.0. The fourth-order valence-corrected chi connectivity index (χ4v) is 4.07. The van der Waals surface area contributed by atoms with Gasteiger partial charge in [-0.25, -0.2) is 0 Å². The maximum atomic E-state index is 5.76. The molecule has 7 nitrogen and oxygen atoms in total. The number of nitrogens with zero attached hydrogens (tertiary/aromatic N) is 4. The molecule has 0 amide bonds. The number of hydrogen-bond donors (Lipinski definition) is 1. The minimum Gasteiger partial charge on any atom is -0.486 e. The van der Waals surface area contributed by atoms with Gasteiger partial charge in [0.25, 0.3) is 0 Å². The molecule has 1 atom stereocenters. The summed E-state index contributed by atoms with van der Waals surface area (Å²) in [5.41, 5.74) is 2.45. The average molecular weight is 525 g/mol. The van der Waals surface area contributed by atoms with Crippen LogP contribution in [0.25, 0.3) is 0 Å². The van der Waals surface area contributed by atoms with Crippen LogP contribution in [0.1, 0.15) is 37.3 Å². The van der Waals surface area contributed by atoms with Gasteiger partial charge in [0.05, 0.1) is 6.20 Å². The standard InChI is InChI=1S/C22H31N5O2.HI/c1-22(2,18-5-6-19-20(11-18)29-10-9-28-19)15-24-21(23-3)27-8-7-16(14-27)17-12-25-26(4)13-17;/h5-6,11-13,16H,7-10,14-15H2,1-4H3,(H,23,24);1H. The van der Waals surface area contributed by atoms with Gasteiger partial charge in [-0.2, -0.15) is 5.10 Å². The number of likely N-dealkylation sites (tertiary alicyclic amines) is 1. The van der Waals surface area contributed by atoms with E-state index in [0.717, 1.165) is 43.5 Å². The third kappa shape index (κ3) is 4.84. The van der Waals surface area contributed by atoms with E-state index in [-0.39, 0.29) is 29.4 Å². The van der Waals surface area contributed by atoms with Crippen molar-refractivity contribution in [3.63, 3.8) is 0 Å². The summed E-state index contributed by atoms with van der Waals surface area (Å²) in [6.45, 7) is 8.45. The fraction of sp³-hybridized carbons (Fsp3) is 0.545. The van der Waals surface area contributed by atoms with Crippen molar-refractivity contribution in [3.8, 4) is 11.5 Å². The minimum absolute atomic E-state index is 0. The van der Waals surface area contributed by atoms with E-state index in [1.165, 1.54) is 11.1 Å². The van der Waals surface area contributed by atoms with Crippen molar-refractivity contribution in [1.82, 2.24) is 20.0 Å². The van der Waals surface area contributed by atoms with E-state index < -0.39 is 0 Å². The number of aromatic nitrogens is 2. The molecule has 2 aliphatic rings. The van der Waals surface area contributed by atoms with Crippen LogP contribution in [0, 0.1) is 0 Å². The number of rotatable bonds is 4. The van der Waals surface area contributed by atoms with Crippen LogP contribution >= 0.6 is 24.0 Å². The molecule has 1 N–H and O–H groups in total. The molecule has 1 aromatic heterocycles. The van der Waals surface area contributed by atoms with E-state index in [9.17, 15) is 0 Å². The highest BCUT2D eigenvalue weighted by molar-refractivity contribution is 14.0. The Morgan fingerprint density at radius 1 is 1.27 bits per heavy atom. The SMILES string of the molecule is CN=C(NCC(C)(C)c1ccc2c(c1)OCCO2)N1CCC(c2cnn(C)c2)C1.I. The van der Waals surface area contributed by atoms with Crippen molar-refractivity contribution in [2.45, 2.75) is 31.6 Å². The van der Waals surface area contributed by atoms with Gasteiger partial charge in [0.1, 0.15) is 13.2 Å². The number of nitrogens with one attached hydrogen (secondary N) is 1. The van der Waals surface area contributed by atoms with Gasteiger partial charge in [-0.3, -0.25) is 9.67 Å². The second kappa shape index (κ2) is 9.45. The normalized spacial score (nSPS) is 18.9. The summed E-state index contributed by atoms with van der Waals surface area (Å²) in [7, 11) is 3.83. The summed E-state index contributed by atoms with van der Waals surface area (Å²) in [4.78, 5) is 6.88. The van der Waals surface area contributed by atoms with Crippen molar-refractivity contribution >= 4 is 29.9 Å². The van der Waals surface area contributed by atoms with E-state index in [2.05, 4.69) is 52.5 Å². The monoisotopic (exact) mass is 525 g/mol. The number of guanidine groups is 1. The van der Waals surface area contributed by atoms with E-state index in [4.69, 9.17) is 9.47 Å². The summed E-state index contributed by atoms with van der Waals surface area (Å²) in [5, 5.41) is 7.91. The minimum atomic E-state index is -0.0751. The van der Waals surface area contributed by atoms with Gasteiger partial charge >= 0.3 is 0 Å². The van der Waals surface area contributed by atoms with Gasteiger partial charge in [-0.05, 0) is 29.7 Å². The zero-order valence-electron chi connectivity index (χ0n) is 18.2. The number of ether oxygens (including phenoxy) is 2. The molecular weight excluding hydrogens is 493 g/mol. The predicted octanol–water partition coefficient (Wildman–Crippen LogP) is 3.15. The van der Waals surface area contributed by atoms with Crippen LogP contribution in [-0.2, 0) is 12.5 Å². The van der Waals surface area contributed by atoms with E-state index in [0.29, 0.717) is 19.1 Å². The van der Waals surface area contributed by atoms with Gasteiger partial charge in [-0.15, -0.1) is 24.0 Å². The molecule has 2 aliphatic heterocycles. The first kappa shape index (κ1) is 22.7. The molecule has 3 heterocycles. The van der Waals surface area contributed by atoms with E-state index >= 15 is 0 Å². The topological polar surface area (TPSA) is 63.9 Å². The molecule has 0 bridgehead atoms. The van der Waals surface area contributed by atoms with E-state index in [1.54, 1.807) is 0 Å². The van der Waals surface area contributed by atoms with Crippen LogP contribution in [0.5, 0.6) is 11.5 Å². The predicted molar refractivity (Wildman–Crippen MR) is 129 cm³/mol. The molecule has 30 heavy (non-hydrogen) atoms. The Balaban J connectivity index is 0.00000256. The molecule has 0 radical (unpaired) electrons. The van der Waals surface area contributed by atoms with Crippen LogP contribution in [-0.4, -0.2) is 60.5 Å². The van der Waals surface area contributed by atoms with Crippen LogP contribution in [0.2, 0.25) is 0 Å². The zero-order valence-corrected chi connectivity index (χ0v) is 20.6. The van der Waals surface area contributed by atoms with Crippen molar-refractivity contribution in [3.05, 3.63) is 41.7 Å². The largest absolute Gasteiger partial charge is 0.486 e. The molecule has 1 saturated heterocycles. The lowest BCUT2D eigenvalue weighted by molar-refractivity contribution is 0.171. The Kier molecular flexibility index (Phi) is 7.15. The highest BCUT2D eigenvalue weighted by Crippen LogP contribution is 2.35. The van der Waals surface area contributed by atoms with Crippen molar-refractivity contribution in [1.29, 1.82) is 0 Å². The summed E-state index contributed by atoms with van der Waals surface area (Å²) < 4.78 is 13.3. The Morgan fingerprint density at radius 2 is 2.03 bits per heavy atom. The van der Waals surface area contributed by atoms with Gasteiger partial charge in [-0.1, -0.05) is 19.9 Å². The summed E-state index contributed by atoms with van der Waals surface area (Å²) in [5.74, 6) is 3.14. The van der Waals surface area contributed by atoms with Crippen molar-refractivity contribution in [2.75, 3.05) is 39.9 Å². The molecule has 0 saturated carbocycles. The lowest BCUT2D eigenvalue weighted by atomic mass is 9.84. The Labute approximate surface area is 195 Å². The zero-order chi connectivity index (χ0) is 20.4. The van der Waals surface area contributed by atoms with Gasteiger partial charge in [0.2, 0.25) is 0 Å². The Hall–Kier alpha value is -1.97. The summed E-state index contributed by atoms with van der Waals surface area (Å²) in [6, 6.07) is 6.25. The van der Waals surface area contributed by atoms with Gasteiger partial charge in [0.15, 0.2) is 17.5 Å². The third-order valence-corrected chi connectivity index (χ3v) is 5.91. The molecule has 2 aromatic rings. The van der Waals surface area contributed by atoms with Crippen molar-refractivity contribution < 1.29 is 9.47 Å². The highest BCUT2D eigenvalue weighted by Gasteiger charge is 2.29. The molecule has 1 unspecified atom stereocenters.